The molecule has 1 N–H and O–H groups in total. The van der Waals surface area contributed by atoms with Crippen molar-refractivity contribution >= 4 is 17.7 Å². The van der Waals surface area contributed by atoms with Crippen LogP contribution in [0.2, 0.25) is 5.02 Å². The number of benzene rings is 1. The maximum atomic E-state index is 13.9. The van der Waals surface area contributed by atoms with Gasteiger partial charge in [0, 0.05) is 5.56 Å². The molecule has 2 rings (SSSR count). The predicted octanol–water partition coefficient (Wildman–Crippen LogP) is 2.92. The SMILES string of the molecule is CC(C)(C)OC(=O)N1CC(O)(c2cccc(Cl)c2F)C1. The number of amides is 1. The second-order valence-electron chi connectivity index (χ2n) is 5.97. The van der Waals surface area contributed by atoms with Gasteiger partial charge in [-0.15, -0.1) is 0 Å². The maximum Gasteiger partial charge on any atom is 0.410 e. The number of aliphatic hydroxyl groups is 1. The Bertz CT molecular complexity index is 536. The molecule has 1 aromatic rings. The van der Waals surface area contributed by atoms with Crippen molar-refractivity contribution in [1.82, 2.24) is 4.90 Å². The molecule has 110 valence electrons. The first kappa shape index (κ1) is 15.1. The van der Waals surface area contributed by atoms with Crippen LogP contribution >= 0.6 is 11.6 Å². The molecule has 0 radical (unpaired) electrons. The zero-order valence-corrected chi connectivity index (χ0v) is 12.4. The molecule has 1 aromatic carbocycles. The number of hydrogen-bond acceptors (Lipinski definition) is 3. The summed E-state index contributed by atoms with van der Waals surface area (Å²) in [5.74, 6) is -0.652. The topological polar surface area (TPSA) is 49.8 Å². The van der Waals surface area contributed by atoms with Gasteiger partial charge in [0.15, 0.2) is 0 Å². The lowest BCUT2D eigenvalue weighted by molar-refractivity contribution is -0.105. The minimum Gasteiger partial charge on any atom is -0.444 e. The van der Waals surface area contributed by atoms with Crippen LogP contribution in [0.25, 0.3) is 0 Å². The summed E-state index contributed by atoms with van der Waals surface area (Å²) in [6.45, 7) is 5.24. The van der Waals surface area contributed by atoms with Gasteiger partial charge in [-0.2, -0.15) is 0 Å². The first-order valence-corrected chi connectivity index (χ1v) is 6.65. The molecule has 0 saturated carbocycles. The van der Waals surface area contributed by atoms with Gasteiger partial charge in [0.2, 0.25) is 0 Å². The molecule has 1 heterocycles. The third kappa shape index (κ3) is 2.88. The normalized spacial score (nSPS) is 17.6. The van der Waals surface area contributed by atoms with Crippen LogP contribution in [0, 0.1) is 5.82 Å². The molecule has 0 aliphatic carbocycles. The monoisotopic (exact) mass is 301 g/mol. The van der Waals surface area contributed by atoms with E-state index in [4.69, 9.17) is 16.3 Å². The van der Waals surface area contributed by atoms with E-state index in [-0.39, 0.29) is 23.7 Å². The van der Waals surface area contributed by atoms with E-state index < -0.39 is 23.1 Å². The summed E-state index contributed by atoms with van der Waals surface area (Å²) >= 11 is 5.70. The standard InChI is InChI=1S/C14H17ClFNO3/c1-13(2,3)20-12(18)17-7-14(19,8-17)9-5-4-6-10(15)11(9)16/h4-6,19H,7-8H2,1-3H3. The van der Waals surface area contributed by atoms with E-state index in [1.807, 2.05) is 0 Å². The van der Waals surface area contributed by atoms with Crippen LogP contribution in [0.4, 0.5) is 9.18 Å². The Kier molecular flexibility index (Phi) is 3.69. The number of β-amino-alcohol motifs (C(OH)–C–C–N with tert-alkyl or cyclic N) is 1. The summed E-state index contributed by atoms with van der Waals surface area (Å²) in [6.07, 6.45) is -0.524. The molecular formula is C14H17ClFNO3. The fraction of sp³-hybridized carbons (Fsp3) is 0.500. The third-order valence-corrected chi connectivity index (χ3v) is 3.30. The largest absolute Gasteiger partial charge is 0.444 e. The lowest BCUT2D eigenvalue weighted by Crippen LogP contribution is -2.62. The van der Waals surface area contributed by atoms with Crippen molar-refractivity contribution < 1.29 is 19.0 Å². The van der Waals surface area contributed by atoms with Crippen molar-refractivity contribution in [1.29, 1.82) is 0 Å². The fourth-order valence-corrected chi connectivity index (χ4v) is 2.25. The van der Waals surface area contributed by atoms with Crippen molar-refractivity contribution in [3.05, 3.63) is 34.6 Å². The summed E-state index contributed by atoms with van der Waals surface area (Å²) < 4.78 is 19.1. The van der Waals surface area contributed by atoms with Crippen molar-refractivity contribution in [2.75, 3.05) is 13.1 Å². The van der Waals surface area contributed by atoms with Gasteiger partial charge in [0.25, 0.3) is 0 Å². The average molecular weight is 302 g/mol. The minimum absolute atomic E-state index is 0.0147. The van der Waals surface area contributed by atoms with Crippen molar-refractivity contribution in [2.45, 2.75) is 32.0 Å². The molecular weight excluding hydrogens is 285 g/mol. The van der Waals surface area contributed by atoms with Gasteiger partial charge in [0.1, 0.15) is 17.0 Å². The van der Waals surface area contributed by atoms with Crippen molar-refractivity contribution in [3.8, 4) is 0 Å². The van der Waals surface area contributed by atoms with Gasteiger partial charge in [-0.1, -0.05) is 23.7 Å². The van der Waals surface area contributed by atoms with Crippen molar-refractivity contribution in [2.24, 2.45) is 0 Å². The molecule has 0 atom stereocenters. The van der Waals surface area contributed by atoms with E-state index in [1.165, 1.54) is 17.0 Å². The Morgan fingerprint density at radius 2 is 2.05 bits per heavy atom. The van der Waals surface area contributed by atoms with Gasteiger partial charge in [0.05, 0.1) is 18.1 Å². The lowest BCUT2D eigenvalue weighted by Gasteiger charge is -2.46. The molecule has 6 heteroatoms. The van der Waals surface area contributed by atoms with Crippen LogP contribution in [0.3, 0.4) is 0 Å². The molecule has 0 aromatic heterocycles. The highest BCUT2D eigenvalue weighted by molar-refractivity contribution is 6.30. The maximum absolute atomic E-state index is 13.9. The van der Waals surface area contributed by atoms with Gasteiger partial charge >= 0.3 is 6.09 Å². The molecule has 0 spiro atoms. The number of carbonyl (C=O) groups is 1. The second-order valence-corrected chi connectivity index (χ2v) is 6.38. The summed E-state index contributed by atoms with van der Waals surface area (Å²) in [5, 5.41) is 10.3. The van der Waals surface area contributed by atoms with Crippen LogP contribution < -0.4 is 0 Å². The van der Waals surface area contributed by atoms with E-state index in [2.05, 4.69) is 0 Å². The number of rotatable bonds is 1. The third-order valence-electron chi connectivity index (χ3n) is 3.01. The van der Waals surface area contributed by atoms with Gasteiger partial charge in [-0.25, -0.2) is 9.18 Å². The Morgan fingerprint density at radius 3 is 2.60 bits per heavy atom. The van der Waals surface area contributed by atoms with Gasteiger partial charge in [-0.05, 0) is 26.8 Å². The summed E-state index contributed by atoms with van der Waals surface area (Å²) in [5.41, 5.74) is -1.91. The minimum atomic E-state index is -1.41. The Balaban J connectivity index is 2.08. The molecule has 1 saturated heterocycles. The average Bonchev–Trinajstić information content (AvgIpc) is 2.26. The van der Waals surface area contributed by atoms with Gasteiger partial charge < -0.3 is 14.7 Å². The van der Waals surface area contributed by atoms with Crippen LogP contribution in [-0.4, -0.2) is 34.8 Å². The first-order valence-electron chi connectivity index (χ1n) is 6.27. The number of carbonyl (C=O) groups excluding carboxylic acids is 1. The zero-order chi connectivity index (χ0) is 15.1. The van der Waals surface area contributed by atoms with Crippen LogP contribution in [0.1, 0.15) is 26.3 Å². The molecule has 20 heavy (non-hydrogen) atoms. The summed E-state index contributed by atoms with van der Waals surface area (Å²) in [4.78, 5) is 13.1. The quantitative estimate of drug-likeness (QED) is 0.867. The lowest BCUT2D eigenvalue weighted by atomic mass is 9.86. The fourth-order valence-electron chi connectivity index (χ4n) is 2.07. The highest BCUT2D eigenvalue weighted by Crippen LogP contribution is 2.36. The molecule has 1 fully saturated rings. The van der Waals surface area contributed by atoms with E-state index in [1.54, 1.807) is 26.8 Å². The molecule has 0 unspecified atom stereocenters. The van der Waals surface area contributed by atoms with Crippen LogP contribution in [0.15, 0.2) is 18.2 Å². The number of hydrogen-bond donors (Lipinski definition) is 1. The first-order chi connectivity index (χ1) is 9.12. The van der Waals surface area contributed by atoms with Gasteiger partial charge in [-0.3, -0.25) is 0 Å². The summed E-state index contributed by atoms with van der Waals surface area (Å²) in [7, 11) is 0. The Hall–Kier alpha value is -1.33. The molecule has 0 bridgehead atoms. The number of ether oxygens (including phenoxy) is 1. The Labute approximate surface area is 122 Å². The van der Waals surface area contributed by atoms with Crippen LogP contribution in [-0.2, 0) is 10.3 Å². The molecule has 4 nitrogen and oxygen atoms in total. The highest BCUT2D eigenvalue weighted by Gasteiger charge is 2.48. The molecule has 1 amide bonds. The van der Waals surface area contributed by atoms with Crippen molar-refractivity contribution in [3.63, 3.8) is 0 Å². The van der Waals surface area contributed by atoms with E-state index in [0.717, 1.165) is 0 Å². The highest BCUT2D eigenvalue weighted by atomic mass is 35.5. The number of halogens is 2. The van der Waals surface area contributed by atoms with E-state index >= 15 is 0 Å². The number of likely N-dealkylation sites (tertiary alicyclic amines) is 1. The van der Waals surface area contributed by atoms with E-state index in [9.17, 15) is 14.3 Å². The van der Waals surface area contributed by atoms with E-state index in [0.29, 0.717) is 0 Å². The smallest absolute Gasteiger partial charge is 0.410 e. The number of nitrogens with zero attached hydrogens (tertiary/aromatic N) is 1. The predicted molar refractivity (Wildman–Crippen MR) is 73.1 cm³/mol. The zero-order valence-electron chi connectivity index (χ0n) is 11.6. The second kappa shape index (κ2) is 4.90. The van der Waals surface area contributed by atoms with Crippen LogP contribution in [0.5, 0.6) is 0 Å². The Morgan fingerprint density at radius 1 is 1.45 bits per heavy atom. The molecule has 1 aliphatic rings. The summed E-state index contributed by atoms with van der Waals surface area (Å²) in [6, 6.07) is 4.44. The molecule has 1 aliphatic heterocycles.